The Bertz CT molecular complexity index is 773. The normalized spacial score (nSPS) is 19.3. The van der Waals surface area contributed by atoms with E-state index in [0.29, 0.717) is 6.42 Å². The van der Waals surface area contributed by atoms with Crippen LogP contribution in [0.2, 0.25) is 4.71 Å². The van der Waals surface area contributed by atoms with Gasteiger partial charge in [-0.05, 0) is 0 Å². The van der Waals surface area contributed by atoms with Crippen LogP contribution in [0, 0.1) is 11.8 Å². The zero-order valence-electron chi connectivity index (χ0n) is 19.7. The molecule has 0 heterocycles. The summed E-state index contributed by atoms with van der Waals surface area (Å²) in [5.41, 5.74) is 6.68. The Hall–Kier alpha value is -1.10. The van der Waals surface area contributed by atoms with Crippen LogP contribution in [0.5, 0.6) is 0 Å². The molecule has 5 N–H and O–H groups in total. The molecule has 2 rings (SSSR count). The van der Waals surface area contributed by atoms with Gasteiger partial charge in [0.25, 0.3) is 0 Å². The van der Waals surface area contributed by atoms with Crippen LogP contribution in [0.3, 0.4) is 0 Å². The third kappa shape index (κ3) is 9.58. The first-order valence-corrected chi connectivity index (χ1v) is 15.4. The number of carbonyl (C=O) groups excluding carboxylic acids is 2. The standard InChI is InChI=1S/C24H38AsN2O5P/c1-16(2)22(25-23(29)20(26)13-17-9-5-3-6-10-17)24(30)27-15-19(28)14-21(33(31)32)18-11-7-4-8-12-18/h3,5-6,9-10,16,18-22,25,28H,4,7-8,11-15,26H2,1-2H3,(H-,27,30,31,32)/p+1/t19-,20+,21?,22-/m1/s1. The summed E-state index contributed by atoms with van der Waals surface area (Å²) in [5, 5.41) is 13.2. The number of rotatable bonds is 13. The molecule has 7 nitrogen and oxygen atoms in total. The molecule has 184 valence electrons. The average Bonchev–Trinajstić information content (AvgIpc) is 2.80. The molecular weight excluding hydrogens is 502 g/mol. The molecule has 33 heavy (non-hydrogen) atoms. The van der Waals surface area contributed by atoms with Crippen molar-refractivity contribution in [3.8, 4) is 0 Å². The van der Waals surface area contributed by atoms with Gasteiger partial charge in [0, 0.05) is 0 Å². The average molecular weight is 541 g/mol. The number of aliphatic hydroxyl groups is 1. The molecule has 1 aliphatic rings. The Morgan fingerprint density at radius 1 is 1.18 bits per heavy atom. The van der Waals surface area contributed by atoms with Gasteiger partial charge in [-0.25, -0.2) is 0 Å². The van der Waals surface area contributed by atoms with Crippen molar-refractivity contribution in [2.24, 2.45) is 17.6 Å². The van der Waals surface area contributed by atoms with Gasteiger partial charge in [0.1, 0.15) is 0 Å². The summed E-state index contributed by atoms with van der Waals surface area (Å²) in [5.74, 6) is -0.111. The van der Waals surface area contributed by atoms with Crippen LogP contribution in [-0.2, 0) is 20.6 Å². The maximum atomic E-state index is 12.8. The quantitative estimate of drug-likeness (QED) is 0.224. The Labute approximate surface area is 204 Å². The molecule has 0 spiro atoms. The number of nitrogens with two attached hydrogens (primary N) is 1. The maximum absolute atomic E-state index is 12.8. The van der Waals surface area contributed by atoms with E-state index in [1.807, 2.05) is 44.2 Å². The van der Waals surface area contributed by atoms with Crippen LogP contribution in [0.25, 0.3) is 0 Å². The SMILES string of the molecule is CC(C)[C@@H]([AsH]C(=O)[C@@H](N)Cc1ccccc1)C(=O)NC[C@H](O)CC(C1CCCCC1)[P+](=O)O. The van der Waals surface area contributed by atoms with Crippen molar-refractivity contribution in [3.63, 3.8) is 0 Å². The molecule has 9 heteroatoms. The summed E-state index contributed by atoms with van der Waals surface area (Å²) in [6, 6.07) is 8.97. The summed E-state index contributed by atoms with van der Waals surface area (Å²) in [4.78, 5) is 35.4. The van der Waals surface area contributed by atoms with Gasteiger partial charge in [-0.15, -0.1) is 0 Å². The van der Waals surface area contributed by atoms with Gasteiger partial charge in [-0.3, -0.25) is 0 Å². The molecule has 1 fully saturated rings. The molecule has 1 aromatic carbocycles. The Balaban J connectivity index is 1.86. The van der Waals surface area contributed by atoms with Crippen LogP contribution >= 0.6 is 8.03 Å². The monoisotopic (exact) mass is 541 g/mol. The molecule has 1 saturated carbocycles. The predicted molar refractivity (Wildman–Crippen MR) is 133 cm³/mol. The van der Waals surface area contributed by atoms with Gasteiger partial charge in [-0.1, -0.05) is 0 Å². The molecule has 0 bridgehead atoms. The van der Waals surface area contributed by atoms with Crippen molar-refractivity contribution in [2.75, 3.05) is 6.54 Å². The van der Waals surface area contributed by atoms with E-state index in [9.17, 15) is 24.2 Å². The number of hydrogen-bond acceptors (Lipinski definition) is 5. The number of amides is 1. The fraction of sp³-hybridized carbons (Fsp3) is 0.667. The Kier molecular flexibility index (Phi) is 12.2. The molecule has 1 aliphatic carbocycles. The third-order valence-corrected chi connectivity index (χ3v) is 11.6. The van der Waals surface area contributed by atoms with E-state index in [-0.39, 0.29) is 35.3 Å². The minimum absolute atomic E-state index is 0.0167. The van der Waals surface area contributed by atoms with Gasteiger partial charge in [0.05, 0.1) is 0 Å². The first-order valence-electron chi connectivity index (χ1n) is 11.9. The first kappa shape index (κ1) is 28.1. The van der Waals surface area contributed by atoms with Crippen molar-refractivity contribution in [1.82, 2.24) is 5.32 Å². The zero-order valence-corrected chi connectivity index (χ0v) is 22.6. The number of carbonyl (C=O) groups is 2. The van der Waals surface area contributed by atoms with E-state index in [1.165, 1.54) is 0 Å². The second-order valence-electron chi connectivity index (χ2n) is 9.43. The van der Waals surface area contributed by atoms with Crippen LogP contribution < -0.4 is 11.1 Å². The van der Waals surface area contributed by atoms with Gasteiger partial charge in [0.2, 0.25) is 0 Å². The fourth-order valence-corrected chi connectivity index (χ4v) is 8.01. The van der Waals surface area contributed by atoms with E-state index in [1.54, 1.807) is 0 Å². The molecule has 1 amide bonds. The molecule has 0 saturated heterocycles. The van der Waals surface area contributed by atoms with Gasteiger partial charge >= 0.3 is 205 Å². The van der Waals surface area contributed by atoms with Crippen molar-refractivity contribution in [3.05, 3.63) is 35.9 Å². The number of nitrogens with one attached hydrogen (secondary N) is 1. The van der Waals surface area contributed by atoms with Crippen LogP contribution in [0.4, 0.5) is 0 Å². The zero-order chi connectivity index (χ0) is 24.4. The van der Waals surface area contributed by atoms with Gasteiger partial charge in [0.15, 0.2) is 0 Å². The van der Waals surface area contributed by atoms with Gasteiger partial charge in [-0.2, -0.15) is 0 Å². The van der Waals surface area contributed by atoms with Crippen LogP contribution in [0.15, 0.2) is 30.3 Å². The number of hydrogen-bond donors (Lipinski definition) is 4. The molecule has 6 atom stereocenters. The summed E-state index contributed by atoms with van der Waals surface area (Å²) in [6.07, 6.45) is 4.84. The topological polar surface area (TPSA) is 130 Å². The summed E-state index contributed by atoms with van der Waals surface area (Å²) in [6.45, 7) is 3.84. The summed E-state index contributed by atoms with van der Waals surface area (Å²) in [7, 11) is -2.38. The molecular formula is C24H39AsN2O5P+. The van der Waals surface area contributed by atoms with Crippen LogP contribution in [-0.4, -0.2) is 60.6 Å². The van der Waals surface area contributed by atoms with E-state index in [2.05, 4.69) is 5.32 Å². The first-order chi connectivity index (χ1) is 15.7. The van der Waals surface area contributed by atoms with Crippen molar-refractivity contribution >= 4 is 34.3 Å². The predicted octanol–water partition coefficient (Wildman–Crippen LogP) is 2.51. The van der Waals surface area contributed by atoms with Gasteiger partial charge < -0.3 is 0 Å². The van der Waals surface area contributed by atoms with Crippen molar-refractivity contribution < 1.29 is 24.2 Å². The minimum atomic E-state index is -2.38. The van der Waals surface area contributed by atoms with Crippen LogP contribution in [0.1, 0.15) is 57.9 Å². The van der Waals surface area contributed by atoms with E-state index in [4.69, 9.17) is 5.73 Å². The van der Waals surface area contributed by atoms with E-state index < -0.39 is 46.3 Å². The molecule has 0 aliphatic heterocycles. The molecule has 0 radical (unpaired) electrons. The second kappa shape index (κ2) is 14.3. The Morgan fingerprint density at radius 3 is 2.39 bits per heavy atom. The second-order valence-corrected chi connectivity index (χ2v) is 13.6. The number of benzene rings is 1. The fourth-order valence-electron chi connectivity index (χ4n) is 4.43. The summed E-state index contributed by atoms with van der Waals surface area (Å²) >= 11 is -1.30. The summed E-state index contributed by atoms with van der Waals surface area (Å²) < 4.78 is 11.4. The van der Waals surface area contributed by atoms with E-state index in [0.717, 1.165) is 37.7 Å². The third-order valence-electron chi connectivity index (χ3n) is 6.39. The Morgan fingerprint density at radius 2 is 1.82 bits per heavy atom. The number of aliphatic hydroxyl groups excluding tert-OH is 1. The molecule has 0 aromatic heterocycles. The van der Waals surface area contributed by atoms with E-state index >= 15 is 0 Å². The molecule has 1 aromatic rings. The van der Waals surface area contributed by atoms with Crippen molar-refractivity contribution in [1.29, 1.82) is 0 Å². The molecule has 3 unspecified atom stereocenters. The van der Waals surface area contributed by atoms with Crippen molar-refractivity contribution in [2.45, 2.75) is 81.3 Å².